The summed E-state index contributed by atoms with van der Waals surface area (Å²) in [5.41, 5.74) is 3.78. The third-order valence-corrected chi connectivity index (χ3v) is 3.75. The molecule has 2 aromatic rings. The van der Waals surface area contributed by atoms with E-state index in [9.17, 15) is 0 Å². The van der Waals surface area contributed by atoms with E-state index in [1.54, 1.807) is 7.11 Å². The van der Waals surface area contributed by atoms with Crippen LogP contribution in [0.4, 0.5) is 5.69 Å². The van der Waals surface area contributed by atoms with Crippen molar-refractivity contribution in [1.82, 2.24) is 0 Å². The van der Waals surface area contributed by atoms with E-state index in [1.807, 2.05) is 18.2 Å². The summed E-state index contributed by atoms with van der Waals surface area (Å²) >= 11 is 0. The molecule has 1 N–H and O–H groups in total. The number of anilines is 1. The lowest BCUT2D eigenvalue weighted by molar-refractivity contribution is 0.146. The van der Waals surface area contributed by atoms with Crippen molar-refractivity contribution in [2.75, 3.05) is 25.6 Å². The van der Waals surface area contributed by atoms with Gasteiger partial charge in [0.2, 0.25) is 0 Å². The fourth-order valence-corrected chi connectivity index (χ4v) is 2.31. The average Bonchev–Trinajstić information content (AvgIpc) is 2.54. The molecular weight excluding hydrogens is 286 g/mol. The quantitative estimate of drug-likeness (QED) is 0.757. The second-order valence-electron chi connectivity index (χ2n) is 6.63. The number of hydrogen-bond donors (Lipinski definition) is 1. The van der Waals surface area contributed by atoms with Crippen molar-refractivity contribution in [3.8, 4) is 5.75 Å². The molecule has 0 atom stereocenters. The summed E-state index contributed by atoms with van der Waals surface area (Å²) < 4.78 is 10.8. The highest BCUT2D eigenvalue weighted by Crippen LogP contribution is 2.24. The Labute approximate surface area is 139 Å². The standard InChI is InChI=1S/C20H27NO2/c1-20(2,3)17-9-11-18(12-10-17)21-15-16-7-5-6-8-19(16)23-14-13-22-4/h5-12,21H,13-15H2,1-4H3. The Morgan fingerprint density at radius 2 is 1.61 bits per heavy atom. The Kier molecular flexibility index (Phi) is 6.05. The maximum absolute atomic E-state index is 5.76. The third-order valence-electron chi connectivity index (χ3n) is 3.75. The van der Waals surface area contributed by atoms with Gasteiger partial charge in [-0.15, -0.1) is 0 Å². The predicted molar refractivity (Wildman–Crippen MR) is 96.3 cm³/mol. The minimum atomic E-state index is 0.181. The molecule has 124 valence electrons. The number of methoxy groups -OCH3 is 1. The molecule has 0 aliphatic heterocycles. The first-order valence-electron chi connectivity index (χ1n) is 8.05. The van der Waals surface area contributed by atoms with Crippen LogP contribution >= 0.6 is 0 Å². The summed E-state index contributed by atoms with van der Waals surface area (Å²) in [7, 11) is 1.68. The first-order valence-corrected chi connectivity index (χ1v) is 8.05. The lowest BCUT2D eigenvalue weighted by atomic mass is 9.87. The van der Waals surface area contributed by atoms with Gasteiger partial charge in [0.1, 0.15) is 12.4 Å². The maximum Gasteiger partial charge on any atom is 0.124 e. The zero-order valence-corrected chi connectivity index (χ0v) is 14.6. The second kappa shape index (κ2) is 8.02. The Hall–Kier alpha value is -2.00. The molecule has 3 nitrogen and oxygen atoms in total. The number of nitrogens with one attached hydrogen (secondary N) is 1. The normalized spacial score (nSPS) is 11.3. The van der Waals surface area contributed by atoms with Crippen LogP contribution in [0.25, 0.3) is 0 Å². The summed E-state index contributed by atoms with van der Waals surface area (Å²) in [6, 6.07) is 16.7. The fraction of sp³-hybridized carbons (Fsp3) is 0.400. The molecule has 0 fully saturated rings. The molecule has 2 rings (SSSR count). The number of benzene rings is 2. The summed E-state index contributed by atoms with van der Waals surface area (Å²) in [5, 5.41) is 3.46. The monoisotopic (exact) mass is 313 g/mol. The van der Waals surface area contributed by atoms with Gasteiger partial charge < -0.3 is 14.8 Å². The molecular formula is C20H27NO2. The lowest BCUT2D eigenvalue weighted by Crippen LogP contribution is -2.11. The van der Waals surface area contributed by atoms with Gasteiger partial charge in [-0.25, -0.2) is 0 Å². The van der Waals surface area contributed by atoms with E-state index in [2.05, 4.69) is 56.4 Å². The second-order valence-corrected chi connectivity index (χ2v) is 6.63. The van der Waals surface area contributed by atoms with Gasteiger partial charge in [0.25, 0.3) is 0 Å². The Balaban J connectivity index is 1.98. The number of rotatable bonds is 7. The van der Waals surface area contributed by atoms with Crippen LogP contribution < -0.4 is 10.1 Å². The van der Waals surface area contributed by atoms with E-state index in [4.69, 9.17) is 9.47 Å². The van der Waals surface area contributed by atoms with Crippen molar-refractivity contribution in [3.63, 3.8) is 0 Å². The highest BCUT2D eigenvalue weighted by Gasteiger charge is 2.12. The van der Waals surface area contributed by atoms with Crippen LogP contribution in [0.5, 0.6) is 5.75 Å². The van der Waals surface area contributed by atoms with Crippen LogP contribution in [0, 0.1) is 0 Å². The number of para-hydroxylation sites is 1. The highest BCUT2D eigenvalue weighted by atomic mass is 16.5. The predicted octanol–water partition coefficient (Wildman–Crippen LogP) is 4.62. The van der Waals surface area contributed by atoms with Crippen molar-refractivity contribution < 1.29 is 9.47 Å². The van der Waals surface area contributed by atoms with Gasteiger partial charge in [-0.05, 0) is 29.2 Å². The van der Waals surface area contributed by atoms with E-state index >= 15 is 0 Å². The first-order chi connectivity index (χ1) is 11.0. The van der Waals surface area contributed by atoms with E-state index in [1.165, 1.54) is 5.56 Å². The Bertz CT molecular complexity index is 600. The summed E-state index contributed by atoms with van der Waals surface area (Å²) in [4.78, 5) is 0. The van der Waals surface area contributed by atoms with Crippen molar-refractivity contribution in [2.24, 2.45) is 0 Å². The number of hydrogen-bond acceptors (Lipinski definition) is 3. The van der Waals surface area contributed by atoms with Crippen LogP contribution in [0.3, 0.4) is 0 Å². The molecule has 0 bridgehead atoms. The summed E-state index contributed by atoms with van der Waals surface area (Å²) in [5.74, 6) is 0.906. The Morgan fingerprint density at radius 3 is 2.26 bits per heavy atom. The number of ether oxygens (including phenoxy) is 2. The summed E-state index contributed by atoms with van der Waals surface area (Å²) in [6.07, 6.45) is 0. The van der Waals surface area contributed by atoms with Gasteiger partial charge in [-0.1, -0.05) is 51.1 Å². The first kappa shape index (κ1) is 17.4. The van der Waals surface area contributed by atoms with E-state index in [0.29, 0.717) is 13.2 Å². The van der Waals surface area contributed by atoms with Crippen molar-refractivity contribution in [3.05, 3.63) is 59.7 Å². The molecule has 0 amide bonds. The van der Waals surface area contributed by atoms with Crippen LogP contribution in [-0.4, -0.2) is 20.3 Å². The topological polar surface area (TPSA) is 30.5 Å². The van der Waals surface area contributed by atoms with Crippen LogP contribution in [0.1, 0.15) is 31.9 Å². The Morgan fingerprint density at radius 1 is 0.913 bits per heavy atom. The molecule has 0 spiro atoms. The van der Waals surface area contributed by atoms with Crippen LogP contribution in [0.2, 0.25) is 0 Å². The van der Waals surface area contributed by atoms with Crippen molar-refractivity contribution in [1.29, 1.82) is 0 Å². The highest BCUT2D eigenvalue weighted by molar-refractivity contribution is 5.47. The van der Waals surface area contributed by atoms with Crippen molar-refractivity contribution in [2.45, 2.75) is 32.7 Å². The molecule has 0 radical (unpaired) electrons. The molecule has 23 heavy (non-hydrogen) atoms. The van der Waals surface area contributed by atoms with Gasteiger partial charge in [0, 0.05) is 24.9 Å². The van der Waals surface area contributed by atoms with Crippen LogP contribution in [-0.2, 0) is 16.7 Å². The average molecular weight is 313 g/mol. The van der Waals surface area contributed by atoms with E-state index in [-0.39, 0.29) is 5.41 Å². The SMILES string of the molecule is COCCOc1ccccc1CNc1ccc(C(C)(C)C)cc1. The maximum atomic E-state index is 5.76. The molecule has 0 saturated carbocycles. The molecule has 2 aromatic carbocycles. The van der Waals surface area contributed by atoms with Gasteiger partial charge in [-0.3, -0.25) is 0 Å². The van der Waals surface area contributed by atoms with Crippen molar-refractivity contribution >= 4 is 5.69 Å². The van der Waals surface area contributed by atoms with E-state index < -0.39 is 0 Å². The molecule has 0 heterocycles. The third kappa shape index (κ3) is 5.29. The summed E-state index contributed by atoms with van der Waals surface area (Å²) in [6.45, 7) is 8.57. The molecule has 0 unspecified atom stereocenters. The molecule has 0 saturated heterocycles. The van der Waals surface area contributed by atoms with Gasteiger partial charge >= 0.3 is 0 Å². The zero-order chi connectivity index (χ0) is 16.7. The minimum absolute atomic E-state index is 0.181. The van der Waals surface area contributed by atoms with Gasteiger partial charge in [-0.2, -0.15) is 0 Å². The van der Waals surface area contributed by atoms with Crippen LogP contribution in [0.15, 0.2) is 48.5 Å². The molecule has 0 aliphatic carbocycles. The minimum Gasteiger partial charge on any atom is -0.491 e. The fourth-order valence-electron chi connectivity index (χ4n) is 2.31. The molecule has 0 aromatic heterocycles. The van der Waals surface area contributed by atoms with Gasteiger partial charge in [0.05, 0.1) is 6.61 Å². The van der Waals surface area contributed by atoms with E-state index in [0.717, 1.165) is 23.5 Å². The lowest BCUT2D eigenvalue weighted by Gasteiger charge is -2.19. The molecule has 0 aliphatic rings. The molecule has 3 heteroatoms. The zero-order valence-electron chi connectivity index (χ0n) is 14.6. The van der Waals surface area contributed by atoms with Gasteiger partial charge in [0.15, 0.2) is 0 Å². The largest absolute Gasteiger partial charge is 0.491 e. The smallest absolute Gasteiger partial charge is 0.124 e.